The van der Waals surface area contributed by atoms with Gasteiger partial charge in [0.15, 0.2) is 0 Å². The van der Waals surface area contributed by atoms with E-state index in [2.05, 4.69) is 0 Å². The molecule has 2 rings (SSSR count). The van der Waals surface area contributed by atoms with Gasteiger partial charge in [-0.05, 0) is 23.8 Å². The molecule has 1 nitrogen and oxygen atoms in total. The second-order valence-electron chi connectivity index (χ2n) is 3.63. The van der Waals surface area contributed by atoms with Gasteiger partial charge in [0.05, 0.1) is 7.11 Å². The van der Waals surface area contributed by atoms with Gasteiger partial charge in [-0.15, -0.1) is 0 Å². The molecule has 0 atom stereocenters. The molecule has 2 aromatic carbocycles. The van der Waals surface area contributed by atoms with Crippen molar-refractivity contribution in [1.29, 1.82) is 0 Å². The molecule has 0 aliphatic heterocycles. The molecular weight excluding hydrogens is 215 g/mol. The highest BCUT2D eigenvalue weighted by molar-refractivity contribution is 5.76. The van der Waals surface area contributed by atoms with Crippen LogP contribution < -0.4 is 4.74 Å². The fraction of sp³-hybridized carbons (Fsp3) is 0.0667. The summed E-state index contributed by atoms with van der Waals surface area (Å²) in [6, 6.07) is 16.2. The summed E-state index contributed by atoms with van der Waals surface area (Å²) in [4.78, 5) is 0. The minimum absolute atomic E-state index is 0.240. The van der Waals surface area contributed by atoms with Crippen LogP contribution in [0.15, 0.2) is 54.6 Å². The van der Waals surface area contributed by atoms with Crippen LogP contribution in [-0.2, 0) is 0 Å². The first-order valence-electron chi connectivity index (χ1n) is 5.36. The van der Waals surface area contributed by atoms with E-state index in [4.69, 9.17) is 4.74 Å². The highest BCUT2D eigenvalue weighted by Gasteiger charge is 1.99. The van der Waals surface area contributed by atoms with Gasteiger partial charge in [-0.1, -0.05) is 42.5 Å². The van der Waals surface area contributed by atoms with E-state index in [0.717, 1.165) is 11.3 Å². The van der Waals surface area contributed by atoms with Gasteiger partial charge in [-0.3, -0.25) is 0 Å². The van der Waals surface area contributed by atoms with E-state index in [1.165, 1.54) is 6.08 Å². The van der Waals surface area contributed by atoms with Crippen molar-refractivity contribution in [2.45, 2.75) is 0 Å². The molecule has 0 fully saturated rings. The summed E-state index contributed by atoms with van der Waals surface area (Å²) in [5.74, 6) is 0.526. The normalized spacial score (nSPS) is 11.3. The highest BCUT2D eigenvalue weighted by Crippen LogP contribution is 2.20. The zero-order chi connectivity index (χ0) is 12.1. The Morgan fingerprint density at radius 2 is 1.65 bits per heavy atom. The summed E-state index contributed by atoms with van der Waals surface area (Å²) in [5.41, 5.74) is 1.40. The van der Waals surface area contributed by atoms with E-state index in [1.54, 1.807) is 19.2 Å². The average molecular weight is 228 g/mol. The van der Waals surface area contributed by atoms with Crippen LogP contribution >= 0.6 is 0 Å². The molecule has 0 bridgehead atoms. The molecule has 0 unspecified atom stereocenters. The summed E-state index contributed by atoms with van der Waals surface area (Å²) >= 11 is 0. The fourth-order valence-corrected chi connectivity index (χ4v) is 1.53. The quantitative estimate of drug-likeness (QED) is 0.717. The Morgan fingerprint density at radius 3 is 2.24 bits per heavy atom. The Labute approximate surface area is 100 Å². The summed E-state index contributed by atoms with van der Waals surface area (Å²) in [6.45, 7) is 0. The van der Waals surface area contributed by atoms with Crippen LogP contribution in [0.1, 0.15) is 11.1 Å². The maximum Gasteiger partial charge on any atom is 0.131 e. The Morgan fingerprint density at radius 1 is 1.00 bits per heavy atom. The van der Waals surface area contributed by atoms with Crippen molar-refractivity contribution in [3.63, 3.8) is 0 Å². The number of hydrogen-bond acceptors (Lipinski definition) is 1. The SMILES string of the molecule is COc1ccc(C=C(F)c2ccccc2)cc1. The van der Waals surface area contributed by atoms with Gasteiger partial charge in [0, 0.05) is 5.56 Å². The van der Waals surface area contributed by atoms with Gasteiger partial charge in [0.25, 0.3) is 0 Å². The molecule has 0 N–H and O–H groups in total. The molecule has 0 aliphatic rings. The lowest BCUT2D eigenvalue weighted by Crippen LogP contribution is -1.82. The zero-order valence-corrected chi connectivity index (χ0v) is 9.56. The van der Waals surface area contributed by atoms with Crippen molar-refractivity contribution in [1.82, 2.24) is 0 Å². The van der Waals surface area contributed by atoms with Crippen LogP contribution in [0.2, 0.25) is 0 Å². The smallest absolute Gasteiger partial charge is 0.131 e. The molecular formula is C15H13FO. The second kappa shape index (κ2) is 5.30. The molecule has 0 saturated carbocycles. The second-order valence-corrected chi connectivity index (χ2v) is 3.63. The maximum atomic E-state index is 13.8. The topological polar surface area (TPSA) is 9.23 Å². The van der Waals surface area contributed by atoms with E-state index in [9.17, 15) is 4.39 Å². The number of rotatable bonds is 3. The monoisotopic (exact) mass is 228 g/mol. The number of methoxy groups -OCH3 is 1. The predicted octanol–water partition coefficient (Wildman–Crippen LogP) is 4.16. The fourth-order valence-electron chi connectivity index (χ4n) is 1.53. The number of ether oxygens (including phenoxy) is 1. The molecule has 0 radical (unpaired) electrons. The minimum atomic E-state index is -0.240. The number of benzene rings is 2. The van der Waals surface area contributed by atoms with Crippen molar-refractivity contribution in [3.8, 4) is 5.75 Å². The van der Waals surface area contributed by atoms with Gasteiger partial charge in [-0.2, -0.15) is 0 Å². The zero-order valence-electron chi connectivity index (χ0n) is 9.56. The van der Waals surface area contributed by atoms with E-state index in [0.29, 0.717) is 5.56 Å². The predicted molar refractivity (Wildman–Crippen MR) is 68.4 cm³/mol. The lowest BCUT2D eigenvalue weighted by molar-refractivity contribution is 0.415. The van der Waals surface area contributed by atoms with E-state index in [-0.39, 0.29) is 5.83 Å². The molecule has 2 aromatic rings. The first kappa shape index (κ1) is 11.4. The van der Waals surface area contributed by atoms with Crippen LogP contribution in [0.3, 0.4) is 0 Å². The molecule has 0 saturated heterocycles. The number of halogens is 1. The summed E-state index contributed by atoms with van der Waals surface area (Å²) in [5, 5.41) is 0. The summed E-state index contributed by atoms with van der Waals surface area (Å²) in [7, 11) is 1.61. The number of hydrogen-bond donors (Lipinski definition) is 0. The first-order chi connectivity index (χ1) is 8.29. The third-order valence-corrected chi connectivity index (χ3v) is 2.46. The molecule has 0 amide bonds. The van der Waals surface area contributed by atoms with Gasteiger partial charge in [-0.25, -0.2) is 4.39 Å². The summed E-state index contributed by atoms with van der Waals surface area (Å²) in [6.07, 6.45) is 1.51. The van der Waals surface area contributed by atoms with Gasteiger partial charge < -0.3 is 4.74 Å². The van der Waals surface area contributed by atoms with E-state index >= 15 is 0 Å². The molecule has 0 heterocycles. The standard InChI is InChI=1S/C15H13FO/c1-17-14-9-7-12(8-10-14)11-15(16)13-5-3-2-4-6-13/h2-11H,1H3. The van der Waals surface area contributed by atoms with Crippen molar-refractivity contribution >= 4 is 11.9 Å². The minimum Gasteiger partial charge on any atom is -0.497 e. The molecule has 0 aliphatic carbocycles. The lowest BCUT2D eigenvalue weighted by atomic mass is 10.1. The van der Waals surface area contributed by atoms with Crippen LogP contribution in [0.5, 0.6) is 5.75 Å². The Balaban J connectivity index is 2.23. The molecule has 17 heavy (non-hydrogen) atoms. The van der Waals surface area contributed by atoms with Crippen molar-refractivity contribution in [2.75, 3.05) is 7.11 Å². The van der Waals surface area contributed by atoms with Crippen molar-refractivity contribution < 1.29 is 9.13 Å². The first-order valence-corrected chi connectivity index (χ1v) is 5.36. The van der Waals surface area contributed by atoms with Crippen molar-refractivity contribution in [2.24, 2.45) is 0 Å². The van der Waals surface area contributed by atoms with Gasteiger partial charge >= 0.3 is 0 Å². The highest BCUT2D eigenvalue weighted by atomic mass is 19.1. The Kier molecular flexibility index (Phi) is 3.55. The average Bonchev–Trinajstić information content (AvgIpc) is 2.40. The van der Waals surface area contributed by atoms with E-state index < -0.39 is 0 Å². The van der Waals surface area contributed by atoms with Gasteiger partial charge in [0.1, 0.15) is 11.6 Å². The van der Waals surface area contributed by atoms with Crippen LogP contribution in [0, 0.1) is 0 Å². The van der Waals surface area contributed by atoms with Crippen LogP contribution in [0.25, 0.3) is 11.9 Å². The van der Waals surface area contributed by atoms with E-state index in [1.807, 2.05) is 42.5 Å². The maximum absolute atomic E-state index is 13.8. The summed E-state index contributed by atoms with van der Waals surface area (Å²) < 4.78 is 18.9. The third-order valence-electron chi connectivity index (χ3n) is 2.46. The largest absolute Gasteiger partial charge is 0.497 e. The Hall–Kier alpha value is -2.09. The van der Waals surface area contributed by atoms with Crippen molar-refractivity contribution in [3.05, 3.63) is 65.7 Å². The third kappa shape index (κ3) is 2.94. The lowest BCUT2D eigenvalue weighted by Gasteiger charge is -2.00. The molecule has 2 heteroatoms. The molecule has 86 valence electrons. The Bertz CT molecular complexity index is 500. The van der Waals surface area contributed by atoms with Gasteiger partial charge in [0.2, 0.25) is 0 Å². The molecule has 0 aromatic heterocycles. The van der Waals surface area contributed by atoms with Crippen LogP contribution in [-0.4, -0.2) is 7.11 Å². The van der Waals surface area contributed by atoms with Crippen LogP contribution in [0.4, 0.5) is 4.39 Å². The molecule has 0 spiro atoms.